The van der Waals surface area contributed by atoms with Gasteiger partial charge in [-0.2, -0.15) is 0 Å². The highest BCUT2D eigenvalue weighted by Crippen LogP contribution is 2.38. The number of Topliss-reactive ketones (excluding diaryl/α,β-unsaturated/α-hetero) is 1. The molecule has 23 heavy (non-hydrogen) atoms. The number of hydrogen-bond acceptors (Lipinski definition) is 2. The predicted octanol–water partition coefficient (Wildman–Crippen LogP) is 3.97. The first-order chi connectivity index (χ1) is 11.1. The van der Waals surface area contributed by atoms with Gasteiger partial charge < -0.3 is 4.90 Å². The zero-order valence-corrected chi connectivity index (χ0v) is 13.6. The molecule has 3 heteroatoms. The molecule has 0 aromatic heterocycles. The topological polar surface area (TPSA) is 37.4 Å². The van der Waals surface area contributed by atoms with Gasteiger partial charge in [-0.05, 0) is 24.0 Å². The number of rotatable bonds is 4. The highest BCUT2D eigenvalue weighted by Gasteiger charge is 2.30. The smallest absolute Gasteiger partial charge is 0.223 e. The van der Waals surface area contributed by atoms with Gasteiger partial charge in [-0.1, -0.05) is 55.5 Å². The van der Waals surface area contributed by atoms with Crippen LogP contribution in [0.4, 0.5) is 5.69 Å². The lowest BCUT2D eigenvalue weighted by Gasteiger charge is -2.23. The molecule has 2 aromatic carbocycles. The maximum atomic E-state index is 12.9. The summed E-state index contributed by atoms with van der Waals surface area (Å²) in [5.74, 6) is -0.0533. The normalized spacial score (nSPS) is 14.4. The fourth-order valence-electron chi connectivity index (χ4n) is 3.43. The van der Waals surface area contributed by atoms with Gasteiger partial charge in [0.25, 0.3) is 0 Å². The lowest BCUT2D eigenvalue weighted by atomic mass is 9.86. The number of ketones is 1. The molecule has 0 saturated heterocycles. The molecule has 0 fully saturated rings. The molecule has 118 valence electrons. The lowest BCUT2D eigenvalue weighted by molar-refractivity contribution is -0.116. The fourth-order valence-corrected chi connectivity index (χ4v) is 3.43. The minimum absolute atomic E-state index is 0.0400. The number of carbonyl (C=O) groups excluding carboxylic acids is 2. The molecule has 0 saturated carbocycles. The van der Waals surface area contributed by atoms with Gasteiger partial charge in [0, 0.05) is 24.9 Å². The van der Waals surface area contributed by atoms with Gasteiger partial charge in [-0.3, -0.25) is 9.59 Å². The molecule has 1 atom stereocenters. The monoisotopic (exact) mass is 307 g/mol. The number of fused-ring (bicyclic) bond motifs is 1. The maximum Gasteiger partial charge on any atom is 0.223 e. The van der Waals surface area contributed by atoms with Crippen LogP contribution in [0.2, 0.25) is 0 Å². The van der Waals surface area contributed by atoms with Crippen LogP contribution < -0.4 is 4.90 Å². The number of anilines is 1. The van der Waals surface area contributed by atoms with Gasteiger partial charge >= 0.3 is 0 Å². The van der Waals surface area contributed by atoms with Gasteiger partial charge in [0.05, 0.1) is 5.69 Å². The Hall–Kier alpha value is -2.42. The third kappa shape index (κ3) is 2.79. The largest absolute Gasteiger partial charge is 0.312 e. The molecule has 0 spiro atoms. The van der Waals surface area contributed by atoms with E-state index in [0.717, 1.165) is 35.2 Å². The van der Waals surface area contributed by atoms with Gasteiger partial charge in [0.2, 0.25) is 5.91 Å². The van der Waals surface area contributed by atoms with Gasteiger partial charge in [-0.15, -0.1) is 0 Å². The van der Waals surface area contributed by atoms with E-state index < -0.39 is 0 Å². The molecule has 3 rings (SSSR count). The van der Waals surface area contributed by atoms with E-state index in [1.54, 1.807) is 6.92 Å². The third-order valence-corrected chi connectivity index (χ3v) is 4.56. The lowest BCUT2D eigenvalue weighted by Crippen LogP contribution is -2.27. The Morgan fingerprint density at radius 3 is 2.48 bits per heavy atom. The first-order valence-corrected chi connectivity index (χ1v) is 8.12. The van der Waals surface area contributed by atoms with Crippen LogP contribution in [0.15, 0.2) is 48.5 Å². The summed E-state index contributed by atoms with van der Waals surface area (Å²) < 4.78 is 0. The molecule has 0 radical (unpaired) electrons. The molecule has 3 nitrogen and oxygen atoms in total. The molecule has 1 amide bonds. The van der Waals surface area contributed by atoms with Crippen LogP contribution in [-0.4, -0.2) is 18.2 Å². The summed E-state index contributed by atoms with van der Waals surface area (Å²) in [5, 5.41) is 0. The SMILES string of the molecule is CC[C@@H](C(=O)c1ccccc1)c1cccc2c1N(C(C)=O)CC2. The average Bonchev–Trinajstić information content (AvgIpc) is 3.01. The zero-order valence-electron chi connectivity index (χ0n) is 13.6. The van der Waals surface area contributed by atoms with Crippen molar-refractivity contribution in [1.29, 1.82) is 0 Å². The summed E-state index contributed by atoms with van der Waals surface area (Å²) in [6, 6.07) is 15.5. The number of nitrogens with zero attached hydrogens (tertiary/aromatic N) is 1. The Labute approximate surface area is 136 Å². The molecule has 2 aromatic rings. The van der Waals surface area contributed by atoms with Crippen LogP contribution in [0.25, 0.3) is 0 Å². The van der Waals surface area contributed by atoms with Crippen LogP contribution in [-0.2, 0) is 11.2 Å². The summed E-state index contributed by atoms with van der Waals surface area (Å²) in [7, 11) is 0. The second kappa shape index (κ2) is 6.37. The summed E-state index contributed by atoms with van der Waals surface area (Å²) in [4.78, 5) is 26.7. The first-order valence-electron chi connectivity index (χ1n) is 8.12. The van der Waals surface area contributed by atoms with Crippen molar-refractivity contribution in [3.05, 3.63) is 65.2 Å². The molecule has 1 aliphatic rings. The van der Waals surface area contributed by atoms with E-state index in [-0.39, 0.29) is 17.6 Å². The minimum atomic E-state index is -0.215. The van der Waals surface area contributed by atoms with E-state index in [4.69, 9.17) is 0 Å². The number of para-hydroxylation sites is 1. The summed E-state index contributed by atoms with van der Waals surface area (Å²) in [6.45, 7) is 4.32. The van der Waals surface area contributed by atoms with Gasteiger partial charge in [-0.25, -0.2) is 0 Å². The molecule has 1 aliphatic heterocycles. The van der Waals surface area contributed by atoms with Gasteiger partial charge in [0.15, 0.2) is 5.78 Å². The van der Waals surface area contributed by atoms with E-state index in [9.17, 15) is 9.59 Å². The molecule has 0 N–H and O–H groups in total. The standard InChI is InChI=1S/C20H21NO2/c1-3-17(20(23)16-8-5-4-6-9-16)18-11-7-10-15-12-13-21(14(2)22)19(15)18/h4-11,17H,3,12-13H2,1-2H3/t17-/m1/s1. The van der Waals surface area contributed by atoms with Gasteiger partial charge in [0.1, 0.15) is 0 Å². The van der Waals surface area contributed by atoms with Crippen LogP contribution in [0, 0.1) is 0 Å². The Morgan fingerprint density at radius 1 is 1.09 bits per heavy atom. The first kappa shape index (κ1) is 15.5. The Balaban J connectivity index is 2.05. The third-order valence-electron chi connectivity index (χ3n) is 4.56. The van der Waals surface area contributed by atoms with Crippen molar-refractivity contribution in [3.8, 4) is 0 Å². The van der Waals surface area contributed by atoms with Crippen molar-refractivity contribution in [2.24, 2.45) is 0 Å². The van der Waals surface area contributed by atoms with E-state index in [0.29, 0.717) is 6.54 Å². The highest BCUT2D eigenvalue weighted by atomic mass is 16.2. The predicted molar refractivity (Wildman–Crippen MR) is 92.0 cm³/mol. The van der Waals surface area contributed by atoms with E-state index in [1.807, 2.05) is 54.3 Å². The summed E-state index contributed by atoms with van der Waals surface area (Å²) in [5.41, 5.74) is 3.82. The molecular weight excluding hydrogens is 286 g/mol. The number of amides is 1. The maximum absolute atomic E-state index is 12.9. The van der Waals surface area contributed by atoms with Crippen LogP contribution in [0.1, 0.15) is 47.7 Å². The van der Waals surface area contributed by atoms with Crippen molar-refractivity contribution in [2.75, 3.05) is 11.4 Å². The van der Waals surface area contributed by atoms with Crippen molar-refractivity contribution in [1.82, 2.24) is 0 Å². The zero-order chi connectivity index (χ0) is 16.4. The van der Waals surface area contributed by atoms with Crippen molar-refractivity contribution >= 4 is 17.4 Å². The Morgan fingerprint density at radius 2 is 1.83 bits per heavy atom. The van der Waals surface area contributed by atoms with E-state index in [1.165, 1.54) is 0 Å². The Bertz CT molecular complexity index is 737. The summed E-state index contributed by atoms with van der Waals surface area (Å²) >= 11 is 0. The van der Waals surface area contributed by atoms with Crippen molar-refractivity contribution in [2.45, 2.75) is 32.6 Å². The van der Waals surface area contributed by atoms with Crippen LogP contribution in [0.5, 0.6) is 0 Å². The van der Waals surface area contributed by atoms with E-state index in [2.05, 4.69) is 6.07 Å². The average molecular weight is 307 g/mol. The molecule has 0 bridgehead atoms. The van der Waals surface area contributed by atoms with Crippen LogP contribution >= 0.6 is 0 Å². The van der Waals surface area contributed by atoms with Crippen LogP contribution in [0.3, 0.4) is 0 Å². The quantitative estimate of drug-likeness (QED) is 0.801. The van der Waals surface area contributed by atoms with E-state index >= 15 is 0 Å². The fraction of sp³-hybridized carbons (Fsp3) is 0.300. The molecule has 0 unspecified atom stereocenters. The number of carbonyl (C=O) groups is 2. The number of hydrogen-bond donors (Lipinski definition) is 0. The molecule has 0 aliphatic carbocycles. The molecule has 1 heterocycles. The minimum Gasteiger partial charge on any atom is -0.312 e. The molecular formula is C20H21NO2. The highest BCUT2D eigenvalue weighted by molar-refractivity contribution is 6.03. The summed E-state index contributed by atoms with van der Waals surface area (Å²) in [6.07, 6.45) is 1.58. The Kier molecular flexibility index (Phi) is 4.28. The second-order valence-electron chi connectivity index (χ2n) is 5.97. The van der Waals surface area contributed by atoms with Crippen molar-refractivity contribution in [3.63, 3.8) is 0 Å². The number of benzene rings is 2. The second-order valence-corrected chi connectivity index (χ2v) is 5.97. The van der Waals surface area contributed by atoms with Crippen molar-refractivity contribution < 1.29 is 9.59 Å².